The molecule has 25 heavy (non-hydrogen) atoms. The molecule has 8 heteroatoms. The monoisotopic (exact) mass is 361 g/mol. The number of carbonyl (C=O) groups is 2. The van der Waals surface area contributed by atoms with Gasteiger partial charge < -0.3 is 21.4 Å². The molecule has 1 fully saturated rings. The summed E-state index contributed by atoms with van der Waals surface area (Å²) in [7, 11) is 0. The Morgan fingerprint density at radius 1 is 1.28 bits per heavy atom. The fourth-order valence-electron chi connectivity index (χ4n) is 2.16. The zero-order chi connectivity index (χ0) is 18.8. The SMILES string of the molecule is Cc1cccc(NC(=O)/C(=N\NC(C)(C)C)C2NC(=S)NC2=O)c1C. The summed E-state index contributed by atoms with van der Waals surface area (Å²) < 4.78 is 0. The van der Waals surface area contributed by atoms with E-state index in [4.69, 9.17) is 12.2 Å². The van der Waals surface area contributed by atoms with Crippen LogP contribution >= 0.6 is 12.2 Å². The Labute approximate surface area is 152 Å². The van der Waals surface area contributed by atoms with Crippen LogP contribution < -0.4 is 21.4 Å². The number of aryl methyl sites for hydroxylation is 1. The maximum atomic E-state index is 12.8. The van der Waals surface area contributed by atoms with Crippen LogP contribution in [0, 0.1) is 13.8 Å². The van der Waals surface area contributed by atoms with Crippen LogP contribution in [0.5, 0.6) is 0 Å². The summed E-state index contributed by atoms with van der Waals surface area (Å²) >= 11 is 4.95. The van der Waals surface area contributed by atoms with Gasteiger partial charge in [0, 0.05) is 11.2 Å². The molecule has 4 N–H and O–H groups in total. The molecule has 1 aliphatic heterocycles. The van der Waals surface area contributed by atoms with Gasteiger partial charge in [-0.3, -0.25) is 9.59 Å². The maximum Gasteiger partial charge on any atom is 0.274 e. The zero-order valence-corrected chi connectivity index (χ0v) is 15.8. The lowest BCUT2D eigenvalue weighted by molar-refractivity contribution is -0.119. The lowest BCUT2D eigenvalue weighted by atomic mass is 10.1. The average molecular weight is 361 g/mol. The van der Waals surface area contributed by atoms with E-state index in [2.05, 4.69) is 26.5 Å². The summed E-state index contributed by atoms with van der Waals surface area (Å²) in [6, 6.07) is 4.69. The molecule has 1 heterocycles. The number of anilines is 1. The van der Waals surface area contributed by atoms with E-state index >= 15 is 0 Å². The molecular weight excluding hydrogens is 338 g/mol. The topological polar surface area (TPSA) is 94.6 Å². The normalized spacial score (nSPS) is 17.8. The van der Waals surface area contributed by atoms with Crippen molar-refractivity contribution in [2.45, 2.75) is 46.2 Å². The predicted molar refractivity (Wildman–Crippen MR) is 103 cm³/mol. The number of nitrogens with zero attached hydrogens (tertiary/aromatic N) is 1. The standard InChI is InChI=1S/C17H23N5O2S/c1-9-7-6-8-11(10(9)2)18-15(24)13(21-22-17(3,4)5)12-14(23)20-16(25)19-12/h6-8,12,22H,1-5H3,(H,18,24)(H2,19,20,23,25)/b21-13-. The molecule has 2 rings (SSSR count). The smallest absolute Gasteiger partial charge is 0.274 e. The number of amides is 2. The Bertz CT molecular complexity index is 752. The van der Waals surface area contributed by atoms with E-state index in [9.17, 15) is 9.59 Å². The lowest BCUT2D eigenvalue weighted by Gasteiger charge is -2.20. The van der Waals surface area contributed by atoms with Crippen molar-refractivity contribution in [3.8, 4) is 0 Å². The molecule has 7 nitrogen and oxygen atoms in total. The third-order valence-electron chi connectivity index (χ3n) is 3.65. The first kappa shape index (κ1) is 18.9. The number of hydrogen-bond donors (Lipinski definition) is 4. The van der Waals surface area contributed by atoms with Crippen molar-refractivity contribution in [3.05, 3.63) is 29.3 Å². The molecule has 0 spiro atoms. The minimum absolute atomic E-state index is 0.0215. The van der Waals surface area contributed by atoms with Crippen LogP contribution in [0.2, 0.25) is 0 Å². The summed E-state index contributed by atoms with van der Waals surface area (Å²) in [4.78, 5) is 24.9. The summed E-state index contributed by atoms with van der Waals surface area (Å²) in [5.74, 6) is -0.877. The minimum atomic E-state index is -0.938. The van der Waals surface area contributed by atoms with Crippen molar-refractivity contribution in [2.75, 3.05) is 5.32 Å². The Kier molecular flexibility index (Phi) is 5.42. The molecular formula is C17H23N5O2S. The van der Waals surface area contributed by atoms with E-state index in [1.165, 1.54) is 0 Å². The highest BCUT2D eigenvalue weighted by Gasteiger charge is 2.36. The number of hydrazone groups is 1. The van der Waals surface area contributed by atoms with Gasteiger partial charge in [-0.15, -0.1) is 0 Å². The van der Waals surface area contributed by atoms with E-state index in [1.807, 2.05) is 52.8 Å². The minimum Gasteiger partial charge on any atom is -0.345 e. The number of nitrogens with one attached hydrogen (secondary N) is 4. The first-order chi connectivity index (χ1) is 11.6. The largest absolute Gasteiger partial charge is 0.345 e. The van der Waals surface area contributed by atoms with E-state index in [-0.39, 0.29) is 16.4 Å². The summed E-state index contributed by atoms with van der Waals surface area (Å²) in [5, 5.41) is 12.4. The van der Waals surface area contributed by atoms with Crippen LogP contribution in [0.1, 0.15) is 31.9 Å². The van der Waals surface area contributed by atoms with Crippen molar-refractivity contribution < 1.29 is 9.59 Å². The first-order valence-electron chi connectivity index (χ1n) is 7.92. The highest BCUT2D eigenvalue weighted by Crippen LogP contribution is 2.18. The Morgan fingerprint density at radius 3 is 2.52 bits per heavy atom. The molecule has 0 radical (unpaired) electrons. The van der Waals surface area contributed by atoms with Crippen LogP contribution in [0.15, 0.2) is 23.3 Å². The van der Waals surface area contributed by atoms with Gasteiger partial charge in [0.1, 0.15) is 0 Å². The molecule has 0 aliphatic carbocycles. The van der Waals surface area contributed by atoms with Crippen molar-refractivity contribution in [1.82, 2.24) is 16.1 Å². The van der Waals surface area contributed by atoms with Crippen molar-refractivity contribution in [3.63, 3.8) is 0 Å². The first-order valence-corrected chi connectivity index (χ1v) is 8.33. The van der Waals surface area contributed by atoms with Crippen LogP contribution in [0.3, 0.4) is 0 Å². The predicted octanol–water partition coefficient (Wildman–Crippen LogP) is 1.36. The number of carbonyl (C=O) groups excluding carboxylic acids is 2. The van der Waals surface area contributed by atoms with Gasteiger partial charge in [-0.05, 0) is 64.0 Å². The van der Waals surface area contributed by atoms with Gasteiger partial charge >= 0.3 is 0 Å². The van der Waals surface area contributed by atoms with Crippen LogP contribution in [0.25, 0.3) is 0 Å². The van der Waals surface area contributed by atoms with Gasteiger partial charge in [0.2, 0.25) is 0 Å². The van der Waals surface area contributed by atoms with Crippen LogP contribution in [-0.2, 0) is 9.59 Å². The second kappa shape index (κ2) is 7.18. The molecule has 2 amide bonds. The lowest BCUT2D eigenvalue weighted by Crippen LogP contribution is -2.46. The Hall–Kier alpha value is -2.48. The van der Waals surface area contributed by atoms with E-state index < -0.39 is 17.9 Å². The number of thiocarbonyl (C=S) groups is 1. The molecule has 0 bridgehead atoms. The van der Waals surface area contributed by atoms with Gasteiger partial charge in [0.25, 0.3) is 11.8 Å². The Balaban J connectivity index is 2.31. The second-order valence-corrected chi connectivity index (χ2v) is 7.36. The van der Waals surface area contributed by atoms with Crippen molar-refractivity contribution >= 4 is 40.5 Å². The Morgan fingerprint density at radius 2 is 1.96 bits per heavy atom. The van der Waals surface area contributed by atoms with Crippen molar-refractivity contribution in [1.29, 1.82) is 0 Å². The maximum absolute atomic E-state index is 12.8. The van der Waals surface area contributed by atoms with E-state index in [0.717, 1.165) is 11.1 Å². The number of hydrogen-bond acceptors (Lipinski definition) is 5. The molecule has 1 saturated heterocycles. The van der Waals surface area contributed by atoms with Gasteiger partial charge in [-0.1, -0.05) is 12.1 Å². The van der Waals surface area contributed by atoms with Gasteiger partial charge in [-0.2, -0.15) is 5.10 Å². The van der Waals surface area contributed by atoms with Crippen LogP contribution in [-0.4, -0.2) is 34.2 Å². The summed E-state index contributed by atoms with van der Waals surface area (Å²) in [6.45, 7) is 9.60. The molecule has 1 aliphatic rings. The van der Waals surface area contributed by atoms with E-state index in [1.54, 1.807) is 0 Å². The fraction of sp³-hybridized carbons (Fsp3) is 0.412. The third-order valence-corrected chi connectivity index (χ3v) is 3.86. The molecule has 134 valence electrons. The second-order valence-electron chi connectivity index (χ2n) is 6.96. The number of benzene rings is 1. The molecule has 1 atom stereocenters. The zero-order valence-electron chi connectivity index (χ0n) is 15.0. The van der Waals surface area contributed by atoms with E-state index in [0.29, 0.717) is 5.69 Å². The van der Waals surface area contributed by atoms with Crippen molar-refractivity contribution in [2.24, 2.45) is 5.10 Å². The molecule has 1 aromatic carbocycles. The highest BCUT2D eigenvalue weighted by molar-refractivity contribution is 7.80. The van der Waals surface area contributed by atoms with Gasteiger partial charge in [0.15, 0.2) is 16.9 Å². The van der Waals surface area contributed by atoms with Crippen LogP contribution in [0.4, 0.5) is 5.69 Å². The summed E-state index contributed by atoms with van der Waals surface area (Å²) in [6.07, 6.45) is 0. The quantitative estimate of drug-likeness (QED) is 0.369. The highest BCUT2D eigenvalue weighted by atomic mass is 32.1. The third kappa shape index (κ3) is 4.76. The molecule has 1 aromatic rings. The molecule has 0 aromatic heterocycles. The molecule has 0 saturated carbocycles. The van der Waals surface area contributed by atoms with Gasteiger partial charge in [0.05, 0.1) is 0 Å². The average Bonchev–Trinajstić information content (AvgIpc) is 2.82. The number of rotatable bonds is 4. The fourth-order valence-corrected chi connectivity index (χ4v) is 2.37. The molecule has 1 unspecified atom stereocenters. The van der Waals surface area contributed by atoms with Gasteiger partial charge in [-0.25, -0.2) is 0 Å². The summed E-state index contributed by atoms with van der Waals surface area (Å²) in [5.41, 5.74) is 5.24.